The molecule has 3 aromatic carbocycles. The number of primary amides is 1. The number of benzene rings is 3. The average Bonchev–Trinajstić information content (AvgIpc) is 1.44. The second-order valence-corrected chi connectivity index (χ2v) is 31.7. The molecule has 1 fully saturated rings. The summed E-state index contributed by atoms with van der Waals surface area (Å²) in [5, 5.41) is 24.6. The number of carbonyl (C=O) groups is 13. The van der Waals surface area contributed by atoms with Gasteiger partial charge in [-0.1, -0.05) is 119 Å². The summed E-state index contributed by atoms with van der Waals surface area (Å²) in [6, 6.07) is 12.8. The van der Waals surface area contributed by atoms with E-state index in [9.17, 15) is 67.4 Å². The molecule has 2 aliphatic rings. The molecule has 8 N–H and O–H groups in total. The van der Waals surface area contributed by atoms with Gasteiger partial charge in [0.15, 0.2) is 5.78 Å². The van der Waals surface area contributed by atoms with Gasteiger partial charge in [0.25, 0.3) is 17.7 Å². The quantitative estimate of drug-likeness (QED) is 0.0122. The van der Waals surface area contributed by atoms with Crippen molar-refractivity contribution >= 4 is 94.3 Å². The predicted octanol–water partition coefficient (Wildman–Crippen LogP) is 9.14. The molecule has 112 heavy (non-hydrogen) atoms. The number of rotatable bonds is 38. The normalized spacial score (nSPS) is 16.6. The van der Waals surface area contributed by atoms with E-state index in [0.29, 0.717) is 36.9 Å². The summed E-state index contributed by atoms with van der Waals surface area (Å²) >= 11 is 0. The van der Waals surface area contributed by atoms with Gasteiger partial charge >= 0.3 is 24.2 Å². The number of nitrogens with zero attached hydrogens (tertiary/aromatic N) is 5. The number of likely N-dealkylation sites (tertiary alicyclic amines) is 1. The third kappa shape index (κ3) is 26.7. The Morgan fingerprint density at radius 1 is 0.705 bits per heavy atom. The van der Waals surface area contributed by atoms with Crippen molar-refractivity contribution in [1.82, 2.24) is 36.0 Å². The van der Waals surface area contributed by atoms with Gasteiger partial charge in [0, 0.05) is 77.1 Å². The zero-order valence-electron chi connectivity index (χ0n) is 68.1. The Bertz CT molecular complexity index is 3760. The van der Waals surface area contributed by atoms with Crippen molar-refractivity contribution in [2.24, 2.45) is 41.2 Å². The zero-order chi connectivity index (χ0) is 83.3. The number of likely N-dealkylation sites (N-methyl/N-ethyl adjacent to an activating group) is 2. The summed E-state index contributed by atoms with van der Waals surface area (Å²) in [6.07, 6.45) is -0.650. The highest BCUT2D eigenvalue weighted by Gasteiger charge is 2.45. The van der Waals surface area contributed by atoms with Crippen LogP contribution in [-0.2, 0) is 73.4 Å². The van der Waals surface area contributed by atoms with Gasteiger partial charge in [0.1, 0.15) is 36.4 Å². The fourth-order valence-corrected chi connectivity index (χ4v) is 13.8. The van der Waals surface area contributed by atoms with Gasteiger partial charge in [-0.3, -0.25) is 52.8 Å². The van der Waals surface area contributed by atoms with Crippen molar-refractivity contribution < 1.29 is 91.1 Å². The largest absolute Gasteiger partial charge is 0.459 e. The van der Waals surface area contributed by atoms with Crippen LogP contribution < -0.4 is 42.1 Å². The molecular weight excluding hydrogens is 1440 g/mol. The molecule has 30 nitrogen and oxygen atoms in total. The number of urea groups is 1. The van der Waals surface area contributed by atoms with Crippen LogP contribution in [0.25, 0.3) is 0 Å². The SMILES string of the molecule is C.CC[C@H](C)[C@H]([C@@H](CC(=O)N1CCC[C@H]1[C@@H](OC)[C@@H](C)C(=O)N[C@@H](C)[C@H](O)c1ccccc1)OC)N(C)C(=O)[C@@H](CC(=O)[C@H](C(C)C)N(C)C(=O)OCc1ccc(NC(=O)[C@H](CCCNC(N)=O)NC(=O)[C@@H](NC(=O)c2ccc(N3C(=O)C=CC3=O)c(N(CC(=O)OC(C)(C)C)C(=O)OC(C)(C)C)c2)C(C)C)cc1)C(C)C. The van der Waals surface area contributed by atoms with E-state index in [2.05, 4.69) is 26.6 Å². The number of nitrogens with two attached hydrogens (primary N) is 1. The van der Waals surface area contributed by atoms with Gasteiger partial charge in [-0.25, -0.2) is 19.3 Å². The first kappa shape index (κ1) is 94.6. The summed E-state index contributed by atoms with van der Waals surface area (Å²) in [6.45, 7) is 26.9. The Balaban J connectivity index is 0.0000264. The molecule has 0 aromatic heterocycles. The first-order chi connectivity index (χ1) is 51.9. The Morgan fingerprint density at radius 2 is 1.32 bits per heavy atom. The number of anilines is 3. The summed E-state index contributed by atoms with van der Waals surface area (Å²) in [5.41, 5.74) is 3.94. The summed E-state index contributed by atoms with van der Waals surface area (Å²) in [4.78, 5) is 186. The highest BCUT2D eigenvalue weighted by atomic mass is 16.6. The molecule has 0 aliphatic carbocycles. The van der Waals surface area contributed by atoms with E-state index < -0.39 is 150 Å². The average molecular weight is 1570 g/mol. The van der Waals surface area contributed by atoms with Crippen molar-refractivity contribution in [3.8, 4) is 0 Å². The van der Waals surface area contributed by atoms with Gasteiger partial charge in [-0.05, 0) is 139 Å². The number of nitrogens with one attached hydrogen (secondary N) is 5. The molecule has 0 saturated carbocycles. The number of imide groups is 1. The van der Waals surface area contributed by atoms with Gasteiger partial charge in [-0.15, -0.1) is 0 Å². The Labute approximate surface area is 660 Å². The van der Waals surface area contributed by atoms with E-state index in [1.165, 1.54) is 50.4 Å². The monoisotopic (exact) mass is 1570 g/mol. The number of hydrogen-bond acceptors (Lipinski definition) is 19. The van der Waals surface area contributed by atoms with Crippen LogP contribution in [-0.4, -0.2) is 205 Å². The molecule has 2 aliphatic heterocycles. The number of carbonyl (C=O) groups excluding carboxylic acids is 13. The molecule has 12 amide bonds. The second kappa shape index (κ2) is 42.7. The minimum absolute atomic E-state index is 0. The fourth-order valence-electron chi connectivity index (χ4n) is 13.8. The molecule has 0 spiro atoms. The van der Waals surface area contributed by atoms with Crippen LogP contribution in [0.3, 0.4) is 0 Å². The molecule has 12 atom stereocenters. The first-order valence-corrected chi connectivity index (χ1v) is 38.0. The number of hydrogen-bond donors (Lipinski definition) is 7. The standard InChI is InChI=1S/C81H119N11O19.CH4/c1-21-49(8)69(62(107-19)43-65(96)90-40-26-30-59(90)71(108-20)50(9)72(99)84-51(10)70(98)53-27-23-22-24-28-53)88(17)76(103)56(46(2)3)42-61(93)68(48(6)7)89(18)78(105)109-45-52-31-34-55(35-32-52)85-74(101)57(29-25-39-83-77(82)104)86-75(102)67(47(4)5)87-73(100)54-33-36-58(92-63(94)37-38-64(92)95)60(41-54)91(79(106)111-81(14,15)16)44-66(97)110-80(11,12)13;/h22-24,27-28,31-38,41,46-51,56-57,59,62,67-71,98H,21,25-26,29-30,39-40,42-45H2,1-20H3,(H,84,99)(H,85,101)(H,86,102)(H,87,100)(H3,82,83,104);1H4/t49-,50+,51-,56-,57-,59-,62+,67-,68-,69+,70-,71-;/m0./s1. The molecule has 2 heterocycles. The topological polar surface area (TPSA) is 391 Å². The molecule has 5 rings (SSSR count). The minimum Gasteiger partial charge on any atom is -0.459 e. The van der Waals surface area contributed by atoms with Gasteiger partial charge in [0.05, 0.1) is 66.2 Å². The Hall–Kier alpha value is -9.81. The molecule has 620 valence electrons. The van der Waals surface area contributed by atoms with Gasteiger partial charge < -0.3 is 75.8 Å². The lowest BCUT2D eigenvalue weighted by atomic mass is 9.83. The number of aliphatic hydroxyl groups is 1. The first-order valence-electron chi connectivity index (χ1n) is 38.0. The van der Waals surface area contributed by atoms with Crippen LogP contribution in [0.5, 0.6) is 0 Å². The lowest BCUT2D eigenvalue weighted by Crippen LogP contribution is -2.55. The lowest BCUT2D eigenvalue weighted by molar-refractivity contribution is -0.153. The summed E-state index contributed by atoms with van der Waals surface area (Å²) in [5.74, 6) is -9.25. The number of Topliss-reactive ketones (excluding diaryl/α,β-unsaturated/α-hetero) is 1. The summed E-state index contributed by atoms with van der Waals surface area (Å²) < 4.78 is 29.0. The smallest absolute Gasteiger partial charge is 0.415 e. The molecular formula is C82H123N11O19. The molecule has 3 aromatic rings. The molecule has 0 unspecified atom stereocenters. The maximum absolute atomic E-state index is 15.0. The Morgan fingerprint density at radius 3 is 1.87 bits per heavy atom. The van der Waals surface area contributed by atoms with Gasteiger partial charge in [0.2, 0.25) is 29.5 Å². The van der Waals surface area contributed by atoms with Crippen molar-refractivity contribution in [3.63, 3.8) is 0 Å². The number of ether oxygens (including phenoxy) is 5. The number of ketones is 1. The van der Waals surface area contributed by atoms with Crippen LogP contribution in [0.15, 0.2) is 84.9 Å². The fraction of sp³-hybridized carbons (Fsp3) is 0.598. The van der Waals surface area contributed by atoms with Crippen LogP contribution in [0.2, 0.25) is 0 Å². The second-order valence-electron chi connectivity index (χ2n) is 31.7. The van der Waals surface area contributed by atoms with E-state index in [4.69, 9.17) is 29.4 Å². The highest BCUT2D eigenvalue weighted by Crippen LogP contribution is 2.36. The Kier molecular flexibility index (Phi) is 36.1. The maximum atomic E-state index is 15.0. The highest BCUT2D eigenvalue weighted by molar-refractivity contribution is 6.29. The van der Waals surface area contributed by atoms with Gasteiger partial charge in [-0.2, -0.15) is 0 Å². The van der Waals surface area contributed by atoms with E-state index >= 15 is 0 Å². The predicted molar refractivity (Wildman–Crippen MR) is 424 cm³/mol. The van der Waals surface area contributed by atoms with Crippen LogP contribution >= 0.6 is 0 Å². The van der Waals surface area contributed by atoms with Crippen molar-refractivity contribution in [2.45, 2.75) is 236 Å². The maximum Gasteiger partial charge on any atom is 0.415 e. The number of amides is 12. The number of aliphatic hydroxyl groups excluding tert-OH is 1. The van der Waals surface area contributed by atoms with Crippen LogP contribution in [0.1, 0.15) is 191 Å². The number of esters is 1. The van der Waals surface area contributed by atoms with Crippen molar-refractivity contribution in [2.75, 3.05) is 63.1 Å². The minimum atomic E-state index is -1.34. The summed E-state index contributed by atoms with van der Waals surface area (Å²) in [7, 11) is 6.12. The molecule has 30 heteroatoms. The third-order valence-corrected chi connectivity index (χ3v) is 19.8. The van der Waals surface area contributed by atoms with E-state index in [0.717, 1.165) is 28.0 Å². The van der Waals surface area contributed by atoms with E-state index in [-0.39, 0.29) is 104 Å². The van der Waals surface area contributed by atoms with E-state index in [1.807, 2.05) is 45.9 Å². The van der Waals surface area contributed by atoms with Crippen LogP contribution in [0.4, 0.5) is 31.4 Å². The zero-order valence-corrected chi connectivity index (χ0v) is 68.1. The van der Waals surface area contributed by atoms with Crippen molar-refractivity contribution in [1.29, 1.82) is 0 Å². The third-order valence-electron chi connectivity index (χ3n) is 19.8. The van der Waals surface area contributed by atoms with E-state index in [1.54, 1.807) is 124 Å². The lowest BCUT2D eigenvalue weighted by Gasteiger charge is -2.41. The van der Waals surface area contributed by atoms with Crippen molar-refractivity contribution in [3.05, 3.63) is 102 Å². The number of methoxy groups -OCH3 is 2. The molecule has 1 saturated heterocycles. The molecule has 0 bridgehead atoms. The van der Waals surface area contributed by atoms with Crippen LogP contribution in [0, 0.1) is 35.5 Å². The molecule has 0 radical (unpaired) electrons.